The SMILES string of the molecule is CC(CCCC(C)(C)N=C=O)CCN=C=O. The summed E-state index contributed by atoms with van der Waals surface area (Å²) >= 11 is 0. The van der Waals surface area contributed by atoms with E-state index in [0.29, 0.717) is 12.5 Å². The first-order chi connectivity index (χ1) is 7.52. The molecule has 0 aromatic heterocycles. The van der Waals surface area contributed by atoms with Gasteiger partial charge in [-0.2, -0.15) is 4.99 Å². The van der Waals surface area contributed by atoms with Crippen molar-refractivity contribution in [3.8, 4) is 0 Å². The minimum Gasteiger partial charge on any atom is -0.211 e. The van der Waals surface area contributed by atoms with Crippen LogP contribution in [0.1, 0.15) is 46.5 Å². The smallest absolute Gasteiger partial charge is 0.211 e. The fraction of sp³-hybridized carbons (Fsp3) is 0.833. The van der Waals surface area contributed by atoms with Crippen LogP contribution in [0, 0.1) is 5.92 Å². The summed E-state index contributed by atoms with van der Waals surface area (Å²) in [7, 11) is 0. The number of hydrogen-bond acceptors (Lipinski definition) is 4. The molecule has 0 amide bonds. The molecule has 4 heteroatoms. The molecule has 16 heavy (non-hydrogen) atoms. The van der Waals surface area contributed by atoms with Gasteiger partial charge >= 0.3 is 0 Å². The maximum absolute atomic E-state index is 10.2. The topological polar surface area (TPSA) is 58.9 Å². The quantitative estimate of drug-likeness (QED) is 0.470. The fourth-order valence-corrected chi connectivity index (χ4v) is 1.54. The van der Waals surface area contributed by atoms with E-state index in [-0.39, 0.29) is 5.54 Å². The predicted molar refractivity (Wildman–Crippen MR) is 62.8 cm³/mol. The van der Waals surface area contributed by atoms with Crippen molar-refractivity contribution in [2.45, 2.75) is 52.0 Å². The number of isocyanates is 2. The Labute approximate surface area is 96.9 Å². The van der Waals surface area contributed by atoms with Gasteiger partial charge in [0.1, 0.15) is 0 Å². The number of hydrogen-bond donors (Lipinski definition) is 0. The van der Waals surface area contributed by atoms with Gasteiger partial charge in [-0.3, -0.25) is 0 Å². The molecule has 0 saturated carbocycles. The van der Waals surface area contributed by atoms with Gasteiger partial charge in [0, 0.05) is 0 Å². The molecule has 0 radical (unpaired) electrons. The lowest BCUT2D eigenvalue weighted by molar-refractivity contribution is 0.403. The third kappa shape index (κ3) is 8.10. The van der Waals surface area contributed by atoms with Crippen LogP contribution in [0.15, 0.2) is 9.98 Å². The molecule has 0 aromatic carbocycles. The van der Waals surface area contributed by atoms with Crippen molar-refractivity contribution in [1.82, 2.24) is 0 Å². The Bertz CT molecular complexity index is 287. The highest BCUT2D eigenvalue weighted by Gasteiger charge is 2.15. The molecule has 0 aromatic rings. The first-order valence-corrected chi connectivity index (χ1v) is 5.64. The van der Waals surface area contributed by atoms with Crippen LogP contribution >= 0.6 is 0 Å². The van der Waals surface area contributed by atoms with E-state index < -0.39 is 0 Å². The van der Waals surface area contributed by atoms with E-state index in [2.05, 4.69) is 16.9 Å². The van der Waals surface area contributed by atoms with Crippen molar-refractivity contribution in [3.63, 3.8) is 0 Å². The molecule has 90 valence electrons. The van der Waals surface area contributed by atoms with E-state index >= 15 is 0 Å². The number of aliphatic imine (C=N–C) groups is 2. The summed E-state index contributed by atoms with van der Waals surface area (Å²) < 4.78 is 0. The molecular weight excluding hydrogens is 204 g/mol. The van der Waals surface area contributed by atoms with Gasteiger partial charge in [-0.1, -0.05) is 19.8 Å². The van der Waals surface area contributed by atoms with E-state index in [0.717, 1.165) is 25.7 Å². The second kappa shape index (κ2) is 7.98. The van der Waals surface area contributed by atoms with Gasteiger partial charge in [0.05, 0.1) is 12.1 Å². The highest BCUT2D eigenvalue weighted by molar-refractivity contribution is 5.34. The largest absolute Gasteiger partial charge is 0.235 e. The number of carbonyl (C=O) groups excluding carboxylic acids is 2. The van der Waals surface area contributed by atoms with Gasteiger partial charge in [-0.15, -0.1) is 0 Å². The minimum absolute atomic E-state index is 0.303. The second-order valence-electron chi connectivity index (χ2n) is 4.77. The van der Waals surface area contributed by atoms with Crippen molar-refractivity contribution in [1.29, 1.82) is 0 Å². The van der Waals surface area contributed by atoms with Gasteiger partial charge < -0.3 is 0 Å². The van der Waals surface area contributed by atoms with Gasteiger partial charge in [-0.25, -0.2) is 14.6 Å². The van der Waals surface area contributed by atoms with Crippen molar-refractivity contribution >= 4 is 12.2 Å². The zero-order chi connectivity index (χ0) is 12.4. The summed E-state index contributed by atoms with van der Waals surface area (Å²) in [5.41, 5.74) is -0.303. The maximum Gasteiger partial charge on any atom is 0.235 e. The van der Waals surface area contributed by atoms with Gasteiger partial charge in [0.15, 0.2) is 0 Å². The molecule has 0 aliphatic rings. The molecule has 1 unspecified atom stereocenters. The van der Waals surface area contributed by atoms with E-state index in [1.54, 1.807) is 6.08 Å². The molecule has 0 aliphatic carbocycles. The molecular formula is C12H20N2O2. The number of rotatable bonds is 8. The molecule has 0 aliphatic heterocycles. The van der Waals surface area contributed by atoms with Crippen molar-refractivity contribution in [2.75, 3.05) is 6.54 Å². The Kier molecular flexibility index (Phi) is 7.36. The Balaban J connectivity index is 3.72. The van der Waals surface area contributed by atoms with Crippen LogP contribution in [0.5, 0.6) is 0 Å². The monoisotopic (exact) mass is 224 g/mol. The average Bonchev–Trinajstić information content (AvgIpc) is 2.17. The third-order valence-electron chi connectivity index (χ3n) is 2.63. The van der Waals surface area contributed by atoms with Crippen molar-refractivity contribution < 1.29 is 9.59 Å². The summed E-state index contributed by atoms with van der Waals surface area (Å²) in [6.45, 7) is 6.55. The maximum atomic E-state index is 10.2. The molecule has 1 atom stereocenters. The van der Waals surface area contributed by atoms with Crippen LogP contribution in [-0.2, 0) is 9.59 Å². The average molecular weight is 224 g/mol. The van der Waals surface area contributed by atoms with E-state index in [1.165, 1.54) is 6.08 Å². The van der Waals surface area contributed by atoms with Crippen LogP contribution < -0.4 is 0 Å². The van der Waals surface area contributed by atoms with Crippen LogP contribution in [0.25, 0.3) is 0 Å². The Morgan fingerprint density at radius 3 is 2.44 bits per heavy atom. The van der Waals surface area contributed by atoms with Gasteiger partial charge in [0.25, 0.3) is 0 Å². The first kappa shape index (κ1) is 14.8. The molecule has 0 heterocycles. The first-order valence-electron chi connectivity index (χ1n) is 5.64. The summed E-state index contributed by atoms with van der Waals surface area (Å²) in [4.78, 5) is 27.3. The molecule has 0 spiro atoms. The Morgan fingerprint density at radius 1 is 1.19 bits per heavy atom. The van der Waals surface area contributed by atoms with Crippen LogP contribution in [0.3, 0.4) is 0 Å². The zero-order valence-corrected chi connectivity index (χ0v) is 10.3. The summed E-state index contributed by atoms with van der Waals surface area (Å²) in [5, 5.41) is 0. The second-order valence-corrected chi connectivity index (χ2v) is 4.77. The summed E-state index contributed by atoms with van der Waals surface area (Å²) in [5.74, 6) is 0.535. The van der Waals surface area contributed by atoms with Crippen LogP contribution in [0.4, 0.5) is 0 Å². The Hall–Kier alpha value is -1.24. The molecule has 0 N–H and O–H groups in total. The van der Waals surface area contributed by atoms with Crippen molar-refractivity contribution in [3.05, 3.63) is 0 Å². The van der Waals surface area contributed by atoms with E-state index in [1.807, 2.05) is 13.8 Å². The van der Waals surface area contributed by atoms with Crippen LogP contribution in [-0.4, -0.2) is 24.2 Å². The highest BCUT2D eigenvalue weighted by atomic mass is 16.1. The highest BCUT2D eigenvalue weighted by Crippen LogP contribution is 2.20. The molecule has 4 nitrogen and oxygen atoms in total. The summed E-state index contributed by atoms with van der Waals surface area (Å²) in [6, 6.07) is 0. The lowest BCUT2D eigenvalue weighted by atomic mass is 9.93. The summed E-state index contributed by atoms with van der Waals surface area (Å²) in [6.07, 6.45) is 7.01. The van der Waals surface area contributed by atoms with Crippen LogP contribution in [0.2, 0.25) is 0 Å². The van der Waals surface area contributed by atoms with E-state index in [9.17, 15) is 9.59 Å². The molecule has 0 rings (SSSR count). The molecule has 0 bridgehead atoms. The number of nitrogens with zero attached hydrogens (tertiary/aromatic N) is 2. The third-order valence-corrected chi connectivity index (χ3v) is 2.63. The van der Waals surface area contributed by atoms with Gasteiger partial charge in [-0.05, 0) is 32.6 Å². The molecule has 0 fully saturated rings. The van der Waals surface area contributed by atoms with E-state index in [4.69, 9.17) is 0 Å². The predicted octanol–water partition coefficient (Wildman–Crippen LogP) is 2.63. The Morgan fingerprint density at radius 2 is 1.88 bits per heavy atom. The standard InChI is InChI=1S/C12H20N2O2/c1-11(6-8-13-9-15)5-4-7-12(2,3)14-10-16/h11H,4-8H2,1-3H3. The normalized spacial score (nSPS) is 12.4. The lowest BCUT2D eigenvalue weighted by Crippen LogP contribution is -2.16. The fourth-order valence-electron chi connectivity index (χ4n) is 1.54. The molecule has 0 saturated heterocycles. The van der Waals surface area contributed by atoms with Crippen molar-refractivity contribution in [2.24, 2.45) is 15.9 Å². The lowest BCUT2D eigenvalue weighted by Gasteiger charge is -2.18. The van der Waals surface area contributed by atoms with Gasteiger partial charge in [0.2, 0.25) is 12.2 Å². The minimum atomic E-state index is -0.303. The zero-order valence-electron chi connectivity index (χ0n) is 10.3.